The summed E-state index contributed by atoms with van der Waals surface area (Å²) in [6.07, 6.45) is 0. The molecule has 0 aromatic heterocycles. The molecule has 0 saturated carbocycles. The van der Waals surface area contributed by atoms with Gasteiger partial charge >= 0.3 is 0 Å². The van der Waals surface area contributed by atoms with Crippen molar-refractivity contribution in [2.75, 3.05) is 11.9 Å². The molecule has 1 amide bonds. The average molecular weight is 301 g/mol. The van der Waals surface area contributed by atoms with E-state index in [1.807, 2.05) is 55.5 Å². The molecule has 0 aliphatic carbocycles. The molecule has 2 N–H and O–H groups in total. The molecule has 21 heavy (non-hydrogen) atoms. The van der Waals surface area contributed by atoms with Crippen LogP contribution in [0.3, 0.4) is 0 Å². The van der Waals surface area contributed by atoms with Crippen LogP contribution >= 0.6 is 11.6 Å². The van der Waals surface area contributed by atoms with Crippen LogP contribution in [0.15, 0.2) is 48.5 Å². The summed E-state index contributed by atoms with van der Waals surface area (Å²) in [7, 11) is 0. The largest absolute Gasteiger partial charge is 0.384 e. The Labute approximate surface area is 129 Å². The van der Waals surface area contributed by atoms with Gasteiger partial charge in [-0.05, 0) is 36.2 Å². The number of benzene rings is 2. The Morgan fingerprint density at radius 2 is 2.10 bits per heavy atom. The summed E-state index contributed by atoms with van der Waals surface area (Å²) in [5, 5.41) is 7.02. The number of para-hydroxylation sites is 1. The first-order chi connectivity index (χ1) is 10.1. The van der Waals surface area contributed by atoms with Crippen LogP contribution in [0.2, 0.25) is 5.02 Å². The molecular weight excluding hydrogens is 284 g/mol. The SMILES string of the molecule is C[C@H](NC(=O)C1CNc2ccccc21)c1cccc(Cl)c1. The molecular formula is C17H17ClN2O. The highest BCUT2D eigenvalue weighted by Gasteiger charge is 2.28. The molecule has 3 rings (SSSR count). The van der Waals surface area contributed by atoms with Crippen molar-refractivity contribution in [3.63, 3.8) is 0 Å². The minimum atomic E-state index is -0.136. The van der Waals surface area contributed by atoms with Gasteiger partial charge in [0.1, 0.15) is 0 Å². The zero-order valence-corrected chi connectivity index (χ0v) is 12.5. The molecule has 4 heteroatoms. The van der Waals surface area contributed by atoms with Crippen molar-refractivity contribution in [2.45, 2.75) is 18.9 Å². The lowest BCUT2D eigenvalue weighted by molar-refractivity contribution is -0.122. The van der Waals surface area contributed by atoms with Gasteiger partial charge in [0.2, 0.25) is 5.91 Å². The van der Waals surface area contributed by atoms with Crippen molar-refractivity contribution in [3.8, 4) is 0 Å². The normalized spacial score (nSPS) is 17.7. The van der Waals surface area contributed by atoms with E-state index in [2.05, 4.69) is 10.6 Å². The van der Waals surface area contributed by atoms with Crippen molar-refractivity contribution in [1.29, 1.82) is 0 Å². The molecule has 0 bridgehead atoms. The quantitative estimate of drug-likeness (QED) is 0.907. The van der Waals surface area contributed by atoms with Crippen LogP contribution in [0.1, 0.15) is 30.0 Å². The molecule has 3 nitrogen and oxygen atoms in total. The van der Waals surface area contributed by atoms with Crippen LogP contribution in [0.5, 0.6) is 0 Å². The lowest BCUT2D eigenvalue weighted by Crippen LogP contribution is -2.32. The molecule has 0 spiro atoms. The molecule has 108 valence electrons. The third-order valence-corrected chi connectivity index (χ3v) is 4.09. The number of fused-ring (bicyclic) bond motifs is 1. The monoisotopic (exact) mass is 300 g/mol. The van der Waals surface area contributed by atoms with Crippen LogP contribution in [-0.4, -0.2) is 12.5 Å². The second-order valence-corrected chi connectivity index (χ2v) is 5.74. The average Bonchev–Trinajstić information content (AvgIpc) is 2.91. The Hall–Kier alpha value is -2.00. The molecule has 1 heterocycles. The first kappa shape index (κ1) is 14.0. The summed E-state index contributed by atoms with van der Waals surface area (Å²) in [5.74, 6) is -0.0947. The number of rotatable bonds is 3. The van der Waals surface area contributed by atoms with Crippen LogP contribution in [0, 0.1) is 0 Å². The fourth-order valence-electron chi connectivity index (χ4n) is 2.69. The van der Waals surface area contributed by atoms with Gasteiger partial charge in [-0.3, -0.25) is 4.79 Å². The predicted octanol–water partition coefficient (Wildman–Crippen LogP) is 3.73. The van der Waals surface area contributed by atoms with Gasteiger partial charge in [0, 0.05) is 17.3 Å². The Bertz CT molecular complexity index is 671. The van der Waals surface area contributed by atoms with Gasteiger partial charge < -0.3 is 10.6 Å². The van der Waals surface area contributed by atoms with E-state index in [4.69, 9.17) is 11.6 Å². The maximum atomic E-state index is 12.5. The van der Waals surface area contributed by atoms with E-state index in [9.17, 15) is 4.79 Å². The molecule has 0 radical (unpaired) electrons. The highest BCUT2D eigenvalue weighted by Crippen LogP contribution is 2.31. The number of anilines is 1. The van der Waals surface area contributed by atoms with E-state index in [0.29, 0.717) is 11.6 Å². The van der Waals surface area contributed by atoms with E-state index in [1.54, 1.807) is 0 Å². The smallest absolute Gasteiger partial charge is 0.229 e. The predicted molar refractivity (Wildman–Crippen MR) is 85.7 cm³/mol. The van der Waals surface area contributed by atoms with Crippen molar-refractivity contribution in [3.05, 3.63) is 64.7 Å². The van der Waals surface area contributed by atoms with E-state index in [-0.39, 0.29) is 17.9 Å². The fraction of sp³-hybridized carbons (Fsp3) is 0.235. The zero-order valence-electron chi connectivity index (χ0n) is 11.8. The first-order valence-electron chi connectivity index (χ1n) is 7.04. The number of hydrogen-bond donors (Lipinski definition) is 2. The van der Waals surface area contributed by atoms with Gasteiger partial charge in [-0.1, -0.05) is 41.9 Å². The van der Waals surface area contributed by atoms with Crippen LogP contribution in [-0.2, 0) is 4.79 Å². The summed E-state index contributed by atoms with van der Waals surface area (Å²) in [6, 6.07) is 15.5. The zero-order chi connectivity index (χ0) is 14.8. The van der Waals surface area contributed by atoms with Gasteiger partial charge in [0.25, 0.3) is 0 Å². The van der Waals surface area contributed by atoms with Crippen molar-refractivity contribution >= 4 is 23.2 Å². The summed E-state index contributed by atoms with van der Waals surface area (Å²) < 4.78 is 0. The third-order valence-electron chi connectivity index (χ3n) is 3.86. The topological polar surface area (TPSA) is 41.1 Å². The standard InChI is InChI=1S/C17H17ClN2O/c1-11(12-5-4-6-13(18)9-12)20-17(21)15-10-19-16-8-3-2-7-14(15)16/h2-9,11,15,19H,10H2,1H3,(H,20,21)/t11-,15?/m0/s1. The maximum absolute atomic E-state index is 12.5. The highest BCUT2D eigenvalue weighted by molar-refractivity contribution is 6.30. The summed E-state index contributed by atoms with van der Waals surface area (Å²) in [5.41, 5.74) is 3.12. The van der Waals surface area contributed by atoms with Gasteiger partial charge in [-0.15, -0.1) is 0 Å². The maximum Gasteiger partial charge on any atom is 0.229 e. The minimum Gasteiger partial charge on any atom is -0.384 e. The van der Waals surface area contributed by atoms with Crippen molar-refractivity contribution < 1.29 is 4.79 Å². The number of amides is 1. The van der Waals surface area contributed by atoms with Crippen molar-refractivity contribution in [2.24, 2.45) is 0 Å². The number of hydrogen-bond acceptors (Lipinski definition) is 2. The van der Waals surface area contributed by atoms with Gasteiger partial charge in [0.05, 0.1) is 12.0 Å². The fourth-order valence-corrected chi connectivity index (χ4v) is 2.89. The second-order valence-electron chi connectivity index (χ2n) is 5.31. The number of carbonyl (C=O) groups is 1. The Morgan fingerprint density at radius 1 is 1.29 bits per heavy atom. The molecule has 2 atom stereocenters. The minimum absolute atomic E-state index is 0.0416. The molecule has 1 aliphatic heterocycles. The lowest BCUT2D eigenvalue weighted by atomic mass is 9.99. The van der Waals surface area contributed by atoms with E-state index in [0.717, 1.165) is 16.8 Å². The van der Waals surface area contributed by atoms with Gasteiger partial charge in [-0.25, -0.2) is 0 Å². The Kier molecular flexibility index (Phi) is 3.84. The first-order valence-corrected chi connectivity index (χ1v) is 7.41. The highest BCUT2D eigenvalue weighted by atomic mass is 35.5. The van der Waals surface area contributed by atoms with E-state index < -0.39 is 0 Å². The summed E-state index contributed by atoms with van der Waals surface area (Å²) in [4.78, 5) is 12.5. The molecule has 0 saturated heterocycles. The van der Waals surface area contributed by atoms with Gasteiger partial charge in [0.15, 0.2) is 0 Å². The molecule has 0 fully saturated rings. The van der Waals surface area contributed by atoms with Gasteiger partial charge in [-0.2, -0.15) is 0 Å². The molecule has 2 aromatic rings. The molecule has 1 unspecified atom stereocenters. The molecule has 2 aromatic carbocycles. The number of nitrogens with one attached hydrogen (secondary N) is 2. The number of carbonyl (C=O) groups excluding carboxylic acids is 1. The van der Waals surface area contributed by atoms with Crippen LogP contribution in [0.25, 0.3) is 0 Å². The Morgan fingerprint density at radius 3 is 2.90 bits per heavy atom. The Balaban J connectivity index is 1.73. The van der Waals surface area contributed by atoms with Crippen LogP contribution < -0.4 is 10.6 Å². The lowest BCUT2D eigenvalue weighted by Gasteiger charge is -2.18. The second kappa shape index (κ2) is 5.78. The summed E-state index contributed by atoms with van der Waals surface area (Å²) in [6.45, 7) is 2.62. The van der Waals surface area contributed by atoms with Crippen LogP contribution in [0.4, 0.5) is 5.69 Å². The molecule has 1 aliphatic rings. The summed E-state index contributed by atoms with van der Waals surface area (Å²) >= 11 is 6.00. The number of halogens is 1. The van der Waals surface area contributed by atoms with Crippen molar-refractivity contribution in [1.82, 2.24) is 5.32 Å². The third kappa shape index (κ3) is 2.88. The van der Waals surface area contributed by atoms with E-state index in [1.165, 1.54) is 0 Å². The van der Waals surface area contributed by atoms with E-state index >= 15 is 0 Å².